The van der Waals surface area contributed by atoms with E-state index in [-0.39, 0.29) is 17.3 Å². The molecule has 0 fully saturated rings. The molecule has 0 bridgehead atoms. The van der Waals surface area contributed by atoms with Gasteiger partial charge in [0.1, 0.15) is 5.60 Å². The van der Waals surface area contributed by atoms with Crippen molar-refractivity contribution in [3.05, 3.63) is 71.3 Å². The van der Waals surface area contributed by atoms with Gasteiger partial charge < -0.3 is 4.74 Å². The van der Waals surface area contributed by atoms with E-state index in [9.17, 15) is 4.79 Å². The number of rotatable bonds is 3. The van der Waals surface area contributed by atoms with Crippen LogP contribution in [0.3, 0.4) is 0 Å². The predicted octanol–water partition coefficient (Wildman–Crippen LogP) is 5.67. The molecule has 0 amide bonds. The maximum atomic E-state index is 12.9. The number of nitrogens with zero attached hydrogens (tertiary/aromatic N) is 1. The van der Waals surface area contributed by atoms with Crippen molar-refractivity contribution in [3.8, 4) is 0 Å². The van der Waals surface area contributed by atoms with Crippen LogP contribution >= 0.6 is 0 Å². The summed E-state index contributed by atoms with van der Waals surface area (Å²) in [5, 5.41) is 0. The van der Waals surface area contributed by atoms with E-state index in [1.807, 2.05) is 39.0 Å². The van der Waals surface area contributed by atoms with Crippen LogP contribution in [0.1, 0.15) is 70.6 Å². The minimum atomic E-state index is -0.525. The highest BCUT2D eigenvalue weighted by Gasteiger charge is 2.38. The van der Waals surface area contributed by atoms with Gasteiger partial charge in [-0.2, -0.15) is 0 Å². The molecule has 0 aliphatic carbocycles. The van der Waals surface area contributed by atoms with Gasteiger partial charge in [-0.15, -0.1) is 0 Å². The Morgan fingerprint density at radius 3 is 2.07 bits per heavy atom. The van der Waals surface area contributed by atoms with Gasteiger partial charge >= 0.3 is 5.97 Å². The molecule has 0 saturated carbocycles. The van der Waals surface area contributed by atoms with Gasteiger partial charge in [0.05, 0.1) is 0 Å². The first-order chi connectivity index (χ1) is 13.0. The van der Waals surface area contributed by atoms with Crippen LogP contribution < -0.4 is 0 Å². The molecule has 1 aliphatic rings. The maximum Gasteiger partial charge on any atom is 0.332 e. The van der Waals surface area contributed by atoms with E-state index in [1.54, 1.807) is 0 Å². The Morgan fingerprint density at radius 2 is 1.54 bits per heavy atom. The van der Waals surface area contributed by atoms with Gasteiger partial charge in [-0.25, -0.2) is 4.79 Å². The Balaban J connectivity index is 1.93. The number of hydrogen-bond acceptors (Lipinski definition) is 3. The summed E-state index contributed by atoms with van der Waals surface area (Å²) in [4.78, 5) is 17.7. The number of ether oxygens (including phenoxy) is 1. The predicted molar refractivity (Wildman–Crippen MR) is 115 cm³/mol. The smallest absolute Gasteiger partial charge is 0.332 e. The lowest BCUT2D eigenvalue weighted by molar-refractivity contribution is -0.156. The minimum Gasteiger partial charge on any atom is -0.458 e. The lowest BCUT2D eigenvalue weighted by Crippen LogP contribution is -2.32. The molecule has 3 rings (SSSR count). The first-order valence-electron chi connectivity index (χ1n) is 10.00. The van der Waals surface area contributed by atoms with E-state index in [0.717, 1.165) is 23.3 Å². The topological polar surface area (TPSA) is 38.7 Å². The summed E-state index contributed by atoms with van der Waals surface area (Å²) in [7, 11) is 0. The molecule has 0 spiro atoms. The number of benzene rings is 2. The molecule has 0 N–H and O–H groups in total. The van der Waals surface area contributed by atoms with Crippen LogP contribution in [0.15, 0.2) is 59.6 Å². The Kier molecular flexibility index (Phi) is 5.47. The quantitative estimate of drug-likeness (QED) is 0.646. The Labute approximate surface area is 168 Å². The average Bonchev–Trinajstić information content (AvgIpc) is 3.06. The molecule has 2 atom stereocenters. The van der Waals surface area contributed by atoms with E-state index >= 15 is 0 Å². The van der Waals surface area contributed by atoms with E-state index in [4.69, 9.17) is 9.73 Å². The zero-order valence-electron chi connectivity index (χ0n) is 17.8. The fourth-order valence-electron chi connectivity index (χ4n) is 3.56. The summed E-state index contributed by atoms with van der Waals surface area (Å²) in [6.07, 6.45) is 0.739. The van der Waals surface area contributed by atoms with Crippen LogP contribution in [0, 0.1) is 0 Å². The molecule has 1 heterocycles. The van der Waals surface area contributed by atoms with Gasteiger partial charge in [0.25, 0.3) is 0 Å². The molecular formula is C25H31NO2. The number of hydrogen-bond donors (Lipinski definition) is 0. The normalized spacial score (nSPS) is 20.0. The van der Waals surface area contributed by atoms with E-state index in [0.29, 0.717) is 0 Å². The molecule has 28 heavy (non-hydrogen) atoms. The molecule has 0 aromatic heterocycles. The summed E-state index contributed by atoms with van der Waals surface area (Å²) < 4.78 is 5.69. The Bertz CT molecular complexity index is 852. The average molecular weight is 378 g/mol. The van der Waals surface area contributed by atoms with Crippen molar-refractivity contribution in [1.29, 1.82) is 0 Å². The fraction of sp³-hybridized carbons (Fsp3) is 0.440. The van der Waals surface area contributed by atoms with Crippen molar-refractivity contribution in [1.82, 2.24) is 0 Å². The van der Waals surface area contributed by atoms with E-state index in [1.165, 1.54) is 5.56 Å². The first kappa shape index (κ1) is 20.3. The van der Waals surface area contributed by atoms with Crippen LogP contribution in [0.5, 0.6) is 0 Å². The van der Waals surface area contributed by atoms with Gasteiger partial charge in [-0.1, -0.05) is 75.4 Å². The summed E-state index contributed by atoms with van der Waals surface area (Å²) in [6, 6.07) is 18.2. The highest BCUT2D eigenvalue weighted by atomic mass is 16.6. The number of carbonyl (C=O) groups excluding carboxylic acids is 1. The second-order valence-electron chi connectivity index (χ2n) is 9.60. The van der Waals surface area contributed by atoms with Crippen LogP contribution in [0.25, 0.3) is 0 Å². The van der Waals surface area contributed by atoms with Crippen LogP contribution in [0.2, 0.25) is 0 Å². The van der Waals surface area contributed by atoms with Gasteiger partial charge in [0.2, 0.25) is 0 Å². The van der Waals surface area contributed by atoms with Gasteiger partial charge in [0.15, 0.2) is 6.04 Å². The van der Waals surface area contributed by atoms with Crippen molar-refractivity contribution in [2.75, 3.05) is 0 Å². The number of aliphatic imine (C=N–C) groups is 1. The van der Waals surface area contributed by atoms with E-state index in [2.05, 4.69) is 57.2 Å². The zero-order chi connectivity index (χ0) is 20.5. The summed E-state index contributed by atoms with van der Waals surface area (Å²) >= 11 is 0. The fourth-order valence-corrected chi connectivity index (χ4v) is 3.56. The lowest BCUT2D eigenvalue weighted by atomic mass is 9.83. The van der Waals surface area contributed by atoms with Crippen molar-refractivity contribution in [3.63, 3.8) is 0 Å². The van der Waals surface area contributed by atoms with Gasteiger partial charge in [0, 0.05) is 11.6 Å². The molecule has 0 radical (unpaired) electrons. The van der Waals surface area contributed by atoms with Crippen LogP contribution in [-0.4, -0.2) is 23.3 Å². The molecule has 2 aromatic carbocycles. The molecule has 0 saturated heterocycles. The maximum absolute atomic E-state index is 12.9. The van der Waals surface area contributed by atoms with Crippen molar-refractivity contribution < 1.29 is 9.53 Å². The third kappa shape index (κ3) is 4.70. The monoisotopic (exact) mass is 377 g/mol. The summed E-state index contributed by atoms with van der Waals surface area (Å²) in [6.45, 7) is 12.3. The highest BCUT2D eigenvalue weighted by molar-refractivity contribution is 6.04. The molecule has 3 heteroatoms. The second-order valence-corrected chi connectivity index (χ2v) is 9.60. The highest BCUT2D eigenvalue weighted by Crippen LogP contribution is 2.36. The zero-order valence-corrected chi connectivity index (χ0v) is 17.8. The second kappa shape index (κ2) is 7.54. The SMILES string of the molecule is CC(C)(C)OC(=O)[C@H]1N=C(c2ccccc2)C[C@@H]1c1ccc(C(C)(C)C)cc1. The third-order valence-electron chi connectivity index (χ3n) is 5.05. The Morgan fingerprint density at radius 1 is 0.929 bits per heavy atom. The molecule has 0 unspecified atom stereocenters. The van der Waals surface area contributed by atoms with Crippen LogP contribution in [-0.2, 0) is 14.9 Å². The summed E-state index contributed by atoms with van der Waals surface area (Å²) in [5.74, 6) is -0.248. The molecule has 3 nitrogen and oxygen atoms in total. The number of esters is 1. The van der Waals surface area contributed by atoms with Gasteiger partial charge in [-0.3, -0.25) is 4.99 Å². The molecule has 1 aliphatic heterocycles. The molecule has 2 aromatic rings. The largest absolute Gasteiger partial charge is 0.458 e. The Hall–Kier alpha value is -2.42. The standard InChI is InChI=1S/C25H31NO2/c1-24(2,3)19-14-12-17(13-15-19)20-16-21(18-10-8-7-9-11-18)26-22(20)23(27)28-25(4,5)6/h7-15,20,22H,16H2,1-6H3/t20-,22+/m1/s1. The third-order valence-corrected chi connectivity index (χ3v) is 5.05. The molecule has 148 valence electrons. The summed E-state index contributed by atoms with van der Waals surface area (Å²) in [5.41, 5.74) is 4.05. The van der Waals surface area contributed by atoms with Crippen molar-refractivity contribution >= 4 is 11.7 Å². The molecular weight excluding hydrogens is 346 g/mol. The van der Waals surface area contributed by atoms with Crippen LogP contribution in [0.4, 0.5) is 0 Å². The van der Waals surface area contributed by atoms with Crippen molar-refractivity contribution in [2.45, 2.75) is 70.9 Å². The number of carbonyl (C=O) groups is 1. The first-order valence-corrected chi connectivity index (χ1v) is 10.00. The lowest BCUT2D eigenvalue weighted by Gasteiger charge is -2.25. The minimum absolute atomic E-state index is 0.000857. The van der Waals surface area contributed by atoms with Crippen molar-refractivity contribution in [2.24, 2.45) is 4.99 Å². The van der Waals surface area contributed by atoms with Gasteiger partial charge in [-0.05, 0) is 49.3 Å². The van der Waals surface area contributed by atoms with E-state index < -0.39 is 11.6 Å².